The quantitative estimate of drug-likeness (QED) is 0.392. The fraction of sp³-hybridized carbons (Fsp3) is 0.857. The van der Waals surface area contributed by atoms with E-state index >= 15 is 0 Å². The maximum atomic E-state index is 11.4. The molecule has 0 aromatic rings. The van der Waals surface area contributed by atoms with E-state index < -0.39 is 22.8 Å². The number of carboxylic acid groups (broad SMARTS) is 2. The van der Waals surface area contributed by atoms with Crippen LogP contribution in [0.4, 0.5) is 0 Å². The molecule has 19 heavy (non-hydrogen) atoms. The van der Waals surface area contributed by atoms with E-state index in [0.717, 1.165) is 25.7 Å². The van der Waals surface area contributed by atoms with Gasteiger partial charge in [0.25, 0.3) is 0 Å². The van der Waals surface area contributed by atoms with Crippen LogP contribution in [-0.2, 0) is 9.59 Å². The Kier molecular flexibility index (Phi) is 10.9. The topological polar surface area (TPSA) is 74.6 Å². The molecule has 0 bridgehead atoms. The largest absolute Gasteiger partial charge is 1.00 e. The van der Waals surface area contributed by atoms with Crippen molar-refractivity contribution in [2.24, 2.45) is 10.8 Å². The Morgan fingerprint density at radius 1 is 0.947 bits per heavy atom. The Bertz CT molecular complexity index is 286. The first kappa shape index (κ1) is 21.9. The molecule has 0 radical (unpaired) electrons. The minimum atomic E-state index is -1.68. The molecule has 0 aromatic carbocycles. The number of unbranched alkanes of at least 4 members (excludes halogenated alkanes) is 4. The van der Waals surface area contributed by atoms with E-state index in [1.54, 1.807) is 20.8 Å². The molecule has 0 amide bonds. The van der Waals surface area contributed by atoms with Crippen LogP contribution in [0.15, 0.2) is 0 Å². The molecule has 0 spiro atoms. The molecule has 0 saturated heterocycles. The molecule has 0 aliphatic heterocycles. The van der Waals surface area contributed by atoms with E-state index in [-0.39, 0.29) is 59.2 Å². The van der Waals surface area contributed by atoms with Gasteiger partial charge >= 0.3 is 63.3 Å². The first-order chi connectivity index (χ1) is 8.20. The van der Waals surface area contributed by atoms with Gasteiger partial charge in [0.1, 0.15) is 0 Å². The van der Waals surface area contributed by atoms with Gasteiger partial charge in [-0.2, -0.15) is 0 Å². The maximum Gasteiger partial charge on any atom is 1.00 e. The molecule has 2 N–H and O–H groups in total. The predicted molar refractivity (Wildman–Crippen MR) is 71.6 cm³/mol. The van der Waals surface area contributed by atoms with Gasteiger partial charge in [0.05, 0.1) is 0 Å². The zero-order valence-electron chi connectivity index (χ0n) is 14.0. The summed E-state index contributed by atoms with van der Waals surface area (Å²) in [6, 6.07) is 0. The minimum Gasteiger partial charge on any atom is -1.00 e. The van der Waals surface area contributed by atoms with Crippen molar-refractivity contribution in [1.82, 2.24) is 0 Å². The van der Waals surface area contributed by atoms with Crippen molar-refractivity contribution in [2.75, 3.05) is 0 Å². The van der Waals surface area contributed by atoms with E-state index in [0.29, 0.717) is 6.42 Å². The van der Waals surface area contributed by atoms with Crippen LogP contribution in [0.1, 0.15) is 67.6 Å². The standard InChI is InChI=1S/C14H26O4.K.H/c1-5-6-7-8-9-10-14(11(15)16,12(17)18)13(2,3)4;;/h5-10H2,1-4H3,(H,15,16)(H,17,18);;/q;+1;-1. The number of carbonyl (C=O) groups is 2. The van der Waals surface area contributed by atoms with Crippen LogP contribution >= 0.6 is 0 Å². The summed E-state index contributed by atoms with van der Waals surface area (Å²) < 4.78 is 0. The Morgan fingerprint density at radius 3 is 1.68 bits per heavy atom. The maximum absolute atomic E-state index is 11.4. The third-order valence-electron chi connectivity index (χ3n) is 3.67. The van der Waals surface area contributed by atoms with Crippen molar-refractivity contribution in [2.45, 2.75) is 66.2 Å². The summed E-state index contributed by atoms with van der Waals surface area (Å²) in [7, 11) is 0. The molecule has 4 nitrogen and oxygen atoms in total. The number of hydrogen-bond acceptors (Lipinski definition) is 2. The van der Waals surface area contributed by atoms with E-state index in [4.69, 9.17) is 0 Å². The Morgan fingerprint density at radius 2 is 1.37 bits per heavy atom. The minimum absolute atomic E-state index is 0. The van der Waals surface area contributed by atoms with Gasteiger partial charge < -0.3 is 11.6 Å². The zero-order chi connectivity index (χ0) is 14.4. The van der Waals surface area contributed by atoms with Gasteiger partial charge in [-0.25, -0.2) is 0 Å². The Labute approximate surface area is 160 Å². The van der Waals surface area contributed by atoms with Crippen molar-refractivity contribution >= 4 is 11.9 Å². The number of carboxylic acids is 2. The van der Waals surface area contributed by atoms with Crippen molar-refractivity contribution in [1.29, 1.82) is 0 Å². The molecule has 0 unspecified atom stereocenters. The Balaban J connectivity index is -0.00000144. The normalized spacial score (nSPS) is 11.8. The predicted octanol–water partition coefficient (Wildman–Crippen LogP) is 0.665. The molecule has 0 aromatic heterocycles. The van der Waals surface area contributed by atoms with Crippen LogP contribution in [0.2, 0.25) is 0 Å². The van der Waals surface area contributed by atoms with Gasteiger partial charge in [-0.05, 0) is 11.8 Å². The summed E-state index contributed by atoms with van der Waals surface area (Å²) in [6.07, 6.45) is 5.01. The number of rotatable bonds is 8. The van der Waals surface area contributed by atoms with Gasteiger partial charge in [0.2, 0.25) is 0 Å². The van der Waals surface area contributed by atoms with Crippen LogP contribution in [-0.4, -0.2) is 22.2 Å². The molecular weight excluding hydrogens is 271 g/mol. The molecule has 0 fully saturated rings. The van der Waals surface area contributed by atoms with Crippen LogP contribution in [0.3, 0.4) is 0 Å². The van der Waals surface area contributed by atoms with Crippen LogP contribution < -0.4 is 51.4 Å². The molecule has 0 rings (SSSR count). The van der Waals surface area contributed by atoms with Crippen molar-refractivity contribution < 1.29 is 72.6 Å². The second kappa shape index (κ2) is 9.50. The smallest absolute Gasteiger partial charge is 1.00 e. The van der Waals surface area contributed by atoms with Crippen LogP contribution in [0.25, 0.3) is 0 Å². The Hall–Kier alpha value is 0.576. The number of aliphatic carboxylic acids is 2. The van der Waals surface area contributed by atoms with Crippen LogP contribution in [0.5, 0.6) is 0 Å². The van der Waals surface area contributed by atoms with E-state index in [2.05, 4.69) is 6.92 Å². The third kappa shape index (κ3) is 5.84. The second-order valence-corrected chi connectivity index (χ2v) is 5.93. The van der Waals surface area contributed by atoms with Crippen molar-refractivity contribution in [3.63, 3.8) is 0 Å². The van der Waals surface area contributed by atoms with Gasteiger partial charge in [-0.15, -0.1) is 0 Å². The van der Waals surface area contributed by atoms with E-state index in [1.165, 1.54) is 0 Å². The molecule has 0 aliphatic rings. The van der Waals surface area contributed by atoms with Crippen LogP contribution in [0, 0.1) is 10.8 Å². The molecule has 0 aliphatic carbocycles. The summed E-state index contributed by atoms with van der Waals surface area (Å²) in [5, 5.41) is 18.7. The molecule has 108 valence electrons. The van der Waals surface area contributed by atoms with Gasteiger partial charge in [0, 0.05) is 0 Å². The summed E-state index contributed by atoms with van der Waals surface area (Å²) in [5.74, 6) is -2.45. The molecule has 5 heteroatoms. The summed E-state index contributed by atoms with van der Waals surface area (Å²) in [6.45, 7) is 7.15. The molecule has 0 heterocycles. The summed E-state index contributed by atoms with van der Waals surface area (Å²) in [4.78, 5) is 22.9. The van der Waals surface area contributed by atoms with E-state index in [9.17, 15) is 19.8 Å². The summed E-state index contributed by atoms with van der Waals surface area (Å²) >= 11 is 0. The van der Waals surface area contributed by atoms with Gasteiger partial charge in [-0.3, -0.25) is 9.59 Å². The monoisotopic (exact) mass is 298 g/mol. The van der Waals surface area contributed by atoms with Crippen molar-refractivity contribution in [3.05, 3.63) is 0 Å². The third-order valence-corrected chi connectivity index (χ3v) is 3.67. The van der Waals surface area contributed by atoms with Gasteiger partial charge in [-0.1, -0.05) is 59.8 Å². The SMILES string of the molecule is CCCCCCCC(C(=O)O)(C(=O)O)C(C)(C)C.[H-].[K+]. The second-order valence-electron chi connectivity index (χ2n) is 5.93. The first-order valence-corrected chi connectivity index (χ1v) is 6.67. The molecular formula is C14H27KO4. The first-order valence-electron chi connectivity index (χ1n) is 6.67. The zero-order valence-corrected chi connectivity index (χ0v) is 16.1. The average molecular weight is 298 g/mol. The summed E-state index contributed by atoms with van der Waals surface area (Å²) in [5.41, 5.74) is -2.48. The fourth-order valence-corrected chi connectivity index (χ4v) is 2.32. The van der Waals surface area contributed by atoms with E-state index in [1.807, 2.05) is 0 Å². The fourth-order valence-electron chi connectivity index (χ4n) is 2.32. The van der Waals surface area contributed by atoms with Gasteiger partial charge in [0.15, 0.2) is 5.41 Å². The number of hydrogen-bond donors (Lipinski definition) is 2. The molecule has 0 atom stereocenters. The van der Waals surface area contributed by atoms with Crippen molar-refractivity contribution in [3.8, 4) is 0 Å². The average Bonchev–Trinajstić information content (AvgIpc) is 2.20. The molecule has 0 saturated carbocycles.